The van der Waals surface area contributed by atoms with Crippen LogP contribution >= 0.6 is 0 Å². The van der Waals surface area contributed by atoms with Gasteiger partial charge in [0.15, 0.2) is 0 Å². The van der Waals surface area contributed by atoms with Crippen LogP contribution in [-0.2, 0) is 36.4 Å². The van der Waals surface area contributed by atoms with Gasteiger partial charge in [0.1, 0.15) is 29.1 Å². The molecule has 0 saturated carbocycles. The van der Waals surface area contributed by atoms with Crippen molar-refractivity contribution in [2.45, 2.75) is 63.0 Å². The van der Waals surface area contributed by atoms with Crippen LogP contribution in [0.4, 0.5) is 8.78 Å². The van der Waals surface area contributed by atoms with Crippen molar-refractivity contribution in [2.24, 2.45) is 0 Å². The van der Waals surface area contributed by atoms with Crippen molar-refractivity contribution >= 4 is 15.9 Å². The van der Waals surface area contributed by atoms with Crippen LogP contribution in [0.2, 0.25) is 0 Å². The molecule has 204 valence electrons. The Labute approximate surface area is 218 Å². The van der Waals surface area contributed by atoms with E-state index in [1.54, 1.807) is 25.2 Å². The Kier molecular flexibility index (Phi) is 9.80. The maximum atomic E-state index is 15.5. The molecule has 2 atom stereocenters. The molecule has 1 N–H and O–H groups in total. The Hall–Kier alpha value is -2.40. The number of hydrogen-bond donors (Lipinski definition) is 1. The number of rotatable bonds is 9. The molecule has 0 radical (unpaired) electrons. The molecule has 0 aromatic heterocycles. The molecule has 2 heterocycles. The number of nitrogens with zero attached hydrogens (tertiary/aromatic N) is 1. The number of ether oxygens (including phenoxy) is 2. The summed E-state index contributed by atoms with van der Waals surface area (Å²) in [5.41, 5.74) is -0.843. The zero-order valence-electron chi connectivity index (χ0n) is 21.6. The molecule has 7 nitrogen and oxygen atoms in total. The van der Waals surface area contributed by atoms with E-state index in [0.717, 1.165) is 12.1 Å². The Morgan fingerprint density at radius 1 is 1.24 bits per heavy atom. The summed E-state index contributed by atoms with van der Waals surface area (Å²) in [6.45, 7) is 7.49. The van der Waals surface area contributed by atoms with E-state index in [1.165, 1.54) is 11.4 Å². The lowest BCUT2D eigenvalue weighted by atomic mass is 9.85. The molecule has 2 aliphatic rings. The predicted octanol–water partition coefficient (Wildman–Crippen LogP) is 4.10. The van der Waals surface area contributed by atoms with E-state index in [1.807, 2.05) is 13.0 Å². The molecular weight excluding hydrogens is 502 g/mol. The SMILES string of the molecule is C=C(/C=C\C=C/C)[C@H]1CC[C@H](C)N(Cc2cc(F)c(C3(OCC(=O)NC)CCOCC3)cc2F)S1(=O)=O. The summed E-state index contributed by atoms with van der Waals surface area (Å²) in [6, 6.07) is 1.73. The van der Waals surface area contributed by atoms with Crippen LogP contribution < -0.4 is 5.32 Å². The minimum atomic E-state index is -3.86. The number of nitrogens with one attached hydrogen (secondary N) is 1. The number of benzene rings is 1. The molecule has 10 heteroatoms. The van der Waals surface area contributed by atoms with Crippen molar-refractivity contribution in [3.8, 4) is 0 Å². The second-order valence-corrected chi connectivity index (χ2v) is 11.5. The molecule has 0 aliphatic carbocycles. The standard InChI is InChI=1S/C27H36F2N2O5S/c1-5-6-7-8-19(2)25-10-9-20(3)31(37(25,33)34)17-21-15-24(29)22(16-23(21)28)27(11-13-35-14-12-27)36-18-26(32)30-4/h5-8,15-16,20,25H,2,9-14,17-18H2,1,3-4H3,(H,30,32)/b6-5-,8-7-/t20-,25+/m0/s1. The lowest BCUT2D eigenvalue weighted by Gasteiger charge is -2.39. The zero-order chi connectivity index (χ0) is 27.2. The van der Waals surface area contributed by atoms with Gasteiger partial charge in [-0.25, -0.2) is 17.2 Å². The van der Waals surface area contributed by atoms with Crippen LogP contribution in [0.5, 0.6) is 0 Å². The number of allylic oxidation sites excluding steroid dienone is 4. The number of carbonyl (C=O) groups is 1. The summed E-state index contributed by atoms with van der Waals surface area (Å²) in [5.74, 6) is -1.83. The first kappa shape index (κ1) is 29.2. The van der Waals surface area contributed by atoms with E-state index in [9.17, 15) is 13.2 Å². The van der Waals surface area contributed by atoms with Crippen molar-refractivity contribution < 1.29 is 31.5 Å². The molecule has 2 aliphatic heterocycles. The number of sulfonamides is 1. The predicted molar refractivity (Wildman–Crippen MR) is 138 cm³/mol. The summed E-state index contributed by atoms with van der Waals surface area (Å²) < 4.78 is 70.3. The van der Waals surface area contributed by atoms with Gasteiger partial charge in [-0.1, -0.05) is 30.9 Å². The third-order valence-corrected chi connectivity index (χ3v) is 9.46. The number of halogens is 2. The summed E-state index contributed by atoms with van der Waals surface area (Å²) in [4.78, 5) is 11.8. The smallest absolute Gasteiger partial charge is 0.245 e. The Morgan fingerprint density at radius 3 is 2.59 bits per heavy atom. The highest BCUT2D eigenvalue weighted by molar-refractivity contribution is 7.90. The molecule has 0 spiro atoms. The second-order valence-electron chi connectivity index (χ2n) is 9.46. The van der Waals surface area contributed by atoms with Gasteiger partial charge in [0, 0.05) is 56.8 Å². The molecule has 2 fully saturated rings. The fourth-order valence-electron chi connectivity index (χ4n) is 4.81. The van der Waals surface area contributed by atoms with Crippen LogP contribution in [0.25, 0.3) is 0 Å². The van der Waals surface area contributed by atoms with E-state index >= 15 is 8.78 Å². The Bertz CT molecular complexity index is 1160. The van der Waals surface area contributed by atoms with Gasteiger partial charge in [-0.3, -0.25) is 4.79 Å². The highest BCUT2D eigenvalue weighted by Crippen LogP contribution is 2.39. The van der Waals surface area contributed by atoms with E-state index < -0.39 is 32.5 Å². The third kappa shape index (κ3) is 6.54. The average molecular weight is 539 g/mol. The molecule has 1 amide bonds. The van der Waals surface area contributed by atoms with E-state index in [4.69, 9.17) is 9.47 Å². The number of amides is 1. The number of carbonyl (C=O) groups excluding carboxylic acids is 1. The number of hydrogen-bond acceptors (Lipinski definition) is 5. The first-order valence-corrected chi connectivity index (χ1v) is 14.0. The number of likely N-dealkylation sites (N-methyl/N-ethyl adjacent to an activating group) is 1. The summed E-state index contributed by atoms with van der Waals surface area (Å²) in [7, 11) is -2.39. The largest absolute Gasteiger partial charge is 0.381 e. The van der Waals surface area contributed by atoms with Crippen molar-refractivity contribution in [3.05, 3.63) is 71.4 Å². The van der Waals surface area contributed by atoms with Crippen LogP contribution in [0.1, 0.15) is 50.7 Å². The highest BCUT2D eigenvalue weighted by atomic mass is 32.2. The quantitative estimate of drug-likeness (QED) is 0.479. The first-order valence-electron chi connectivity index (χ1n) is 12.4. The lowest BCUT2D eigenvalue weighted by Crippen LogP contribution is -2.48. The summed E-state index contributed by atoms with van der Waals surface area (Å²) in [6.07, 6.45) is 8.47. The van der Waals surface area contributed by atoms with E-state index in [-0.39, 0.29) is 62.3 Å². The van der Waals surface area contributed by atoms with Gasteiger partial charge >= 0.3 is 0 Å². The van der Waals surface area contributed by atoms with Crippen LogP contribution in [0.3, 0.4) is 0 Å². The lowest BCUT2D eigenvalue weighted by molar-refractivity contribution is -0.146. The van der Waals surface area contributed by atoms with Gasteiger partial charge < -0.3 is 14.8 Å². The van der Waals surface area contributed by atoms with Gasteiger partial charge in [0.05, 0.1) is 0 Å². The molecule has 0 bridgehead atoms. The van der Waals surface area contributed by atoms with E-state index in [2.05, 4.69) is 11.9 Å². The van der Waals surface area contributed by atoms with Crippen molar-refractivity contribution in [3.63, 3.8) is 0 Å². The molecule has 1 aromatic rings. The maximum absolute atomic E-state index is 15.5. The fraction of sp³-hybridized carbons (Fsp3) is 0.519. The molecule has 3 rings (SSSR count). The first-order chi connectivity index (χ1) is 17.6. The second kappa shape index (κ2) is 12.4. The van der Waals surface area contributed by atoms with Gasteiger partial charge in [-0.2, -0.15) is 4.31 Å². The third-order valence-electron chi connectivity index (χ3n) is 7.06. The van der Waals surface area contributed by atoms with Gasteiger partial charge in [-0.15, -0.1) is 0 Å². The zero-order valence-corrected chi connectivity index (χ0v) is 22.5. The maximum Gasteiger partial charge on any atom is 0.245 e. The van der Waals surface area contributed by atoms with Crippen LogP contribution in [0, 0.1) is 11.6 Å². The minimum Gasteiger partial charge on any atom is -0.381 e. The highest BCUT2D eigenvalue weighted by Gasteiger charge is 2.42. The normalized spacial score (nSPS) is 23.9. The Morgan fingerprint density at radius 2 is 1.95 bits per heavy atom. The average Bonchev–Trinajstić information content (AvgIpc) is 2.87. The van der Waals surface area contributed by atoms with Gasteiger partial charge in [-0.05, 0) is 44.4 Å². The summed E-state index contributed by atoms with van der Waals surface area (Å²) >= 11 is 0. The molecule has 0 unspecified atom stereocenters. The Balaban J connectivity index is 1.90. The topological polar surface area (TPSA) is 84.9 Å². The van der Waals surface area contributed by atoms with Crippen LogP contribution in [-0.4, -0.2) is 56.8 Å². The van der Waals surface area contributed by atoms with Gasteiger partial charge in [0.2, 0.25) is 15.9 Å². The fourth-order valence-corrected chi connectivity index (χ4v) is 6.96. The minimum absolute atomic E-state index is 0.00382. The van der Waals surface area contributed by atoms with Gasteiger partial charge in [0.25, 0.3) is 0 Å². The van der Waals surface area contributed by atoms with Crippen molar-refractivity contribution in [2.75, 3.05) is 26.9 Å². The molecule has 1 aromatic carbocycles. The molecule has 37 heavy (non-hydrogen) atoms. The molecular formula is C27H36F2N2O5S. The molecule has 2 saturated heterocycles. The monoisotopic (exact) mass is 538 g/mol. The van der Waals surface area contributed by atoms with Crippen molar-refractivity contribution in [1.82, 2.24) is 9.62 Å². The van der Waals surface area contributed by atoms with E-state index in [0.29, 0.717) is 18.4 Å². The van der Waals surface area contributed by atoms with Crippen molar-refractivity contribution in [1.29, 1.82) is 0 Å². The van der Waals surface area contributed by atoms with Crippen LogP contribution in [0.15, 0.2) is 48.6 Å². The summed E-state index contributed by atoms with van der Waals surface area (Å²) in [5, 5.41) is 1.62.